The van der Waals surface area contributed by atoms with Gasteiger partial charge in [0.1, 0.15) is 5.54 Å². The van der Waals surface area contributed by atoms with Crippen LogP contribution < -0.4 is 5.73 Å². The monoisotopic (exact) mass is 291 g/mol. The third-order valence-electron chi connectivity index (χ3n) is 4.09. The summed E-state index contributed by atoms with van der Waals surface area (Å²) in [7, 11) is -3.57. The maximum absolute atomic E-state index is 12.4. The largest absolute Gasteiger partial charge is 0.480 e. The van der Waals surface area contributed by atoms with Crippen LogP contribution in [0.4, 0.5) is 0 Å². The van der Waals surface area contributed by atoms with E-state index < -0.39 is 21.7 Å². The molecule has 2 rings (SSSR count). The zero-order valence-corrected chi connectivity index (χ0v) is 11.9. The molecule has 8 heteroatoms. The Kier molecular flexibility index (Phi) is 3.87. The summed E-state index contributed by atoms with van der Waals surface area (Å²) in [6.45, 7) is 3.15. The van der Waals surface area contributed by atoms with E-state index >= 15 is 0 Å². The van der Waals surface area contributed by atoms with Crippen LogP contribution in [0.1, 0.15) is 26.2 Å². The molecule has 0 aromatic rings. The Morgan fingerprint density at radius 3 is 2.32 bits per heavy atom. The van der Waals surface area contributed by atoms with Gasteiger partial charge in [-0.15, -0.1) is 0 Å². The molecule has 7 nitrogen and oxygen atoms in total. The predicted molar refractivity (Wildman–Crippen MR) is 69.6 cm³/mol. The van der Waals surface area contributed by atoms with Gasteiger partial charge in [0.15, 0.2) is 0 Å². The van der Waals surface area contributed by atoms with Crippen molar-refractivity contribution >= 4 is 16.2 Å². The molecule has 0 aromatic carbocycles. The molecule has 0 radical (unpaired) electrons. The fourth-order valence-corrected chi connectivity index (χ4v) is 4.26. The number of hydrogen-bond donors (Lipinski definition) is 2. The van der Waals surface area contributed by atoms with Crippen LogP contribution in [0.2, 0.25) is 0 Å². The van der Waals surface area contributed by atoms with Gasteiger partial charge in [0, 0.05) is 26.2 Å². The number of carboxylic acid groups (broad SMARTS) is 1. The lowest BCUT2D eigenvalue weighted by atomic mass is 10.0. The molecule has 0 amide bonds. The molecule has 2 aliphatic rings. The van der Waals surface area contributed by atoms with Crippen molar-refractivity contribution < 1.29 is 18.3 Å². The van der Waals surface area contributed by atoms with Crippen molar-refractivity contribution in [1.82, 2.24) is 8.61 Å². The van der Waals surface area contributed by atoms with E-state index in [2.05, 4.69) is 6.92 Å². The summed E-state index contributed by atoms with van der Waals surface area (Å²) in [5, 5.41) is 9.04. The number of aliphatic carboxylic acids is 1. The molecular formula is C11H21N3O4S. The first-order chi connectivity index (χ1) is 8.75. The second-order valence-corrected chi connectivity index (χ2v) is 7.56. The summed E-state index contributed by atoms with van der Waals surface area (Å²) >= 11 is 0. The number of carbonyl (C=O) groups is 1. The second-order valence-electron chi connectivity index (χ2n) is 5.63. The number of piperidine rings is 1. The Labute approximate surface area is 113 Å². The van der Waals surface area contributed by atoms with Gasteiger partial charge in [-0.05, 0) is 25.2 Å². The molecule has 110 valence electrons. The average Bonchev–Trinajstić information content (AvgIpc) is 2.75. The smallest absolute Gasteiger partial charge is 0.325 e. The molecule has 0 spiro atoms. The van der Waals surface area contributed by atoms with Gasteiger partial charge in [-0.3, -0.25) is 4.79 Å². The highest BCUT2D eigenvalue weighted by Gasteiger charge is 2.46. The van der Waals surface area contributed by atoms with E-state index in [1.54, 1.807) is 0 Å². The van der Waals surface area contributed by atoms with E-state index in [0.717, 1.165) is 12.8 Å². The highest BCUT2D eigenvalue weighted by atomic mass is 32.2. The van der Waals surface area contributed by atoms with Gasteiger partial charge in [0.25, 0.3) is 10.2 Å². The van der Waals surface area contributed by atoms with E-state index in [-0.39, 0.29) is 19.5 Å². The lowest BCUT2D eigenvalue weighted by Gasteiger charge is -2.32. The van der Waals surface area contributed by atoms with Crippen LogP contribution in [0.25, 0.3) is 0 Å². The normalized spacial score (nSPS) is 31.7. The maximum atomic E-state index is 12.4. The Hall–Kier alpha value is -0.700. The third kappa shape index (κ3) is 2.76. The molecule has 3 N–H and O–H groups in total. The van der Waals surface area contributed by atoms with Crippen molar-refractivity contribution in [3.8, 4) is 0 Å². The van der Waals surface area contributed by atoms with E-state index in [1.165, 1.54) is 8.61 Å². The second kappa shape index (κ2) is 5.01. The zero-order valence-electron chi connectivity index (χ0n) is 11.1. The van der Waals surface area contributed by atoms with E-state index in [0.29, 0.717) is 19.0 Å². The molecule has 2 heterocycles. The molecule has 0 aliphatic carbocycles. The van der Waals surface area contributed by atoms with Crippen molar-refractivity contribution in [2.45, 2.75) is 31.7 Å². The fourth-order valence-electron chi connectivity index (χ4n) is 2.55. The van der Waals surface area contributed by atoms with E-state index in [1.807, 2.05) is 0 Å². The van der Waals surface area contributed by atoms with Crippen LogP contribution >= 0.6 is 0 Å². The van der Waals surface area contributed by atoms with Gasteiger partial charge in [0.2, 0.25) is 0 Å². The molecule has 0 bridgehead atoms. The number of nitrogens with two attached hydrogens (primary N) is 1. The highest BCUT2D eigenvalue weighted by molar-refractivity contribution is 7.86. The standard InChI is InChI=1S/C11H21N3O4S/c1-9-2-5-13(6-3-9)19(17,18)14-7-4-11(12,8-14)10(15)16/h9H,2-8,12H2,1H3,(H,15,16). The van der Waals surface area contributed by atoms with Crippen LogP contribution in [-0.2, 0) is 15.0 Å². The number of hydrogen-bond acceptors (Lipinski definition) is 4. The summed E-state index contributed by atoms with van der Waals surface area (Å²) in [4.78, 5) is 11.1. The first-order valence-electron chi connectivity index (χ1n) is 6.53. The first kappa shape index (κ1) is 14.7. The minimum Gasteiger partial charge on any atom is -0.480 e. The third-order valence-corrected chi connectivity index (χ3v) is 6.07. The maximum Gasteiger partial charge on any atom is 0.325 e. The Balaban J connectivity index is 2.08. The Bertz CT molecular complexity index is 459. The molecule has 0 aromatic heterocycles. The van der Waals surface area contributed by atoms with Gasteiger partial charge < -0.3 is 10.8 Å². The quantitative estimate of drug-likeness (QED) is 0.726. The summed E-state index contributed by atoms with van der Waals surface area (Å²) < 4.78 is 27.5. The predicted octanol–water partition coefficient (Wildman–Crippen LogP) is -0.549. The molecule has 2 aliphatic heterocycles. The summed E-state index contributed by atoms with van der Waals surface area (Å²) in [6, 6.07) is 0. The SMILES string of the molecule is CC1CCN(S(=O)(=O)N2CCC(N)(C(=O)O)C2)CC1. The van der Waals surface area contributed by atoms with Crippen molar-refractivity contribution in [2.24, 2.45) is 11.7 Å². The van der Waals surface area contributed by atoms with Crippen LogP contribution in [0.5, 0.6) is 0 Å². The number of rotatable bonds is 3. The molecule has 0 saturated carbocycles. The van der Waals surface area contributed by atoms with Crippen molar-refractivity contribution in [1.29, 1.82) is 0 Å². The minimum absolute atomic E-state index is 0.142. The van der Waals surface area contributed by atoms with Crippen LogP contribution in [0, 0.1) is 5.92 Å². The van der Waals surface area contributed by atoms with E-state index in [9.17, 15) is 13.2 Å². The molecule has 1 unspecified atom stereocenters. The molecule has 2 saturated heterocycles. The van der Waals surface area contributed by atoms with Crippen molar-refractivity contribution in [3.63, 3.8) is 0 Å². The van der Waals surface area contributed by atoms with Gasteiger partial charge in [-0.25, -0.2) is 0 Å². The number of nitrogens with zero attached hydrogens (tertiary/aromatic N) is 2. The molecule has 1 atom stereocenters. The zero-order chi connectivity index (χ0) is 14.3. The van der Waals surface area contributed by atoms with Crippen LogP contribution in [0.15, 0.2) is 0 Å². The lowest BCUT2D eigenvalue weighted by Crippen LogP contribution is -2.52. The van der Waals surface area contributed by atoms with Gasteiger partial charge >= 0.3 is 5.97 Å². The Morgan fingerprint density at radius 1 is 1.26 bits per heavy atom. The summed E-state index contributed by atoms with van der Waals surface area (Å²) in [6.07, 6.45) is 1.85. The van der Waals surface area contributed by atoms with Gasteiger partial charge in [-0.2, -0.15) is 17.0 Å². The van der Waals surface area contributed by atoms with Gasteiger partial charge in [-0.1, -0.05) is 6.92 Å². The fraction of sp³-hybridized carbons (Fsp3) is 0.909. The van der Waals surface area contributed by atoms with Crippen molar-refractivity contribution in [2.75, 3.05) is 26.2 Å². The average molecular weight is 291 g/mol. The van der Waals surface area contributed by atoms with Crippen LogP contribution in [-0.4, -0.2) is 59.8 Å². The number of carboxylic acids is 1. The van der Waals surface area contributed by atoms with Crippen molar-refractivity contribution in [3.05, 3.63) is 0 Å². The lowest BCUT2D eigenvalue weighted by molar-refractivity contribution is -0.142. The van der Waals surface area contributed by atoms with Crippen LogP contribution in [0.3, 0.4) is 0 Å². The topological polar surface area (TPSA) is 104 Å². The minimum atomic E-state index is -3.57. The highest BCUT2D eigenvalue weighted by Crippen LogP contribution is 2.26. The molecular weight excluding hydrogens is 270 g/mol. The van der Waals surface area contributed by atoms with E-state index in [4.69, 9.17) is 10.8 Å². The first-order valence-corrected chi connectivity index (χ1v) is 7.93. The summed E-state index contributed by atoms with van der Waals surface area (Å²) in [5.74, 6) is -0.602. The molecule has 19 heavy (non-hydrogen) atoms. The summed E-state index contributed by atoms with van der Waals surface area (Å²) in [5.41, 5.74) is 4.27. The van der Waals surface area contributed by atoms with Gasteiger partial charge in [0.05, 0.1) is 0 Å². The molecule has 2 fully saturated rings. The Morgan fingerprint density at radius 2 is 1.84 bits per heavy atom.